The van der Waals surface area contributed by atoms with Crippen molar-refractivity contribution in [2.45, 2.75) is 25.4 Å². The molecule has 2 N–H and O–H groups in total. The van der Waals surface area contributed by atoms with E-state index in [2.05, 4.69) is 21.9 Å². The van der Waals surface area contributed by atoms with Crippen molar-refractivity contribution >= 4 is 17.3 Å². The second-order valence-corrected chi connectivity index (χ2v) is 5.69. The maximum atomic E-state index is 6.13. The second kappa shape index (κ2) is 5.08. The predicted octanol–water partition coefficient (Wildman–Crippen LogP) is 2.08. The number of halogens is 1. The molecule has 0 bridgehead atoms. The summed E-state index contributed by atoms with van der Waals surface area (Å²) >= 11 is 6.13. The van der Waals surface area contributed by atoms with Gasteiger partial charge in [-0.3, -0.25) is 4.90 Å². The van der Waals surface area contributed by atoms with Gasteiger partial charge in [-0.25, -0.2) is 0 Å². The van der Waals surface area contributed by atoms with Crippen molar-refractivity contribution in [1.82, 2.24) is 4.90 Å². The lowest BCUT2D eigenvalue weighted by atomic mass is 10.1. The van der Waals surface area contributed by atoms with E-state index in [-0.39, 0.29) is 0 Å². The Labute approximate surface area is 114 Å². The monoisotopic (exact) mass is 265 g/mol. The molecule has 2 aliphatic rings. The highest BCUT2D eigenvalue weighted by atomic mass is 35.5. The fourth-order valence-corrected chi connectivity index (χ4v) is 3.38. The van der Waals surface area contributed by atoms with Crippen LogP contribution in [0, 0.1) is 0 Å². The van der Waals surface area contributed by atoms with Gasteiger partial charge in [-0.2, -0.15) is 0 Å². The molecule has 0 amide bonds. The van der Waals surface area contributed by atoms with Gasteiger partial charge in [0.25, 0.3) is 0 Å². The van der Waals surface area contributed by atoms with Crippen LogP contribution in [0.15, 0.2) is 18.2 Å². The van der Waals surface area contributed by atoms with Crippen LogP contribution in [0.2, 0.25) is 5.02 Å². The van der Waals surface area contributed by atoms with Gasteiger partial charge in [0.1, 0.15) is 0 Å². The van der Waals surface area contributed by atoms with Crippen LogP contribution in [0.3, 0.4) is 0 Å². The van der Waals surface area contributed by atoms with Crippen LogP contribution in [0.4, 0.5) is 5.69 Å². The summed E-state index contributed by atoms with van der Waals surface area (Å²) in [6.07, 6.45) is 2.67. The zero-order valence-electron chi connectivity index (χ0n) is 10.6. The Kier molecular flexibility index (Phi) is 3.46. The molecule has 2 fully saturated rings. The molecule has 1 aromatic carbocycles. The Morgan fingerprint density at radius 2 is 2.17 bits per heavy atom. The van der Waals surface area contributed by atoms with Gasteiger partial charge in [0.2, 0.25) is 0 Å². The van der Waals surface area contributed by atoms with E-state index in [1.165, 1.54) is 37.2 Å². The highest BCUT2D eigenvalue weighted by Crippen LogP contribution is 2.29. The average molecular weight is 266 g/mol. The lowest BCUT2D eigenvalue weighted by Crippen LogP contribution is -2.50. The summed E-state index contributed by atoms with van der Waals surface area (Å²) in [6, 6.07) is 6.77. The van der Waals surface area contributed by atoms with E-state index in [1.54, 1.807) is 0 Å². The first kappa shape index (κ1) is 12.3. The Morgan fingerprint density at radius 3 is 3.00 bits per heavy atom. The molecular weight excluding hydrogens is 246 g/mol. The number of piperazine rings is 1. The van der Waals surface area contributed by atoms with Gasteiger partial charge >= 0.3 is 0 Å². The van der Waals surface area contributed by atoms with Crippen molar-refractivity contribution in [3.8, 4) is 0 Å². The minimum absolute atomic E-state index is 0.581. The van der Waals surface area contributed by atoms with E-state index in [9.17, 15) is 0 Å². The topological polar surface area (TPSA) is 32.5 Å². The van der Waals surface area contributed by atoms with Gasteiger partial charge in [-0.15, -0.1) is 0 Å². The van der Waals surface area contributed by atoms with Crippen molar-refractivity contribution in [2.75, 3.05) is 31.1 Å². The van der Waals surface area contributed by atoms with Crippen LogP contribution in [0.5, 0.6) is 0 Å². The molecule has 3 nitrogen and oxygen atoms in total. The molecule has 1 unspecified atom stereocenters. The summed E-state index contributed by atoms with van der Waals surface area (Å²) in [5.74, 6) is 0. The Bertz CT molecular complexity index is 435. The number of nitrogens with zero attached hydrogens (tertiary/aromatic N) is 2. The fraction of sp³-hybridized carbons (Fsp3) is 0.571. The molecule has 2 aliphatic heterocycles. The molecule has 2 heterocycles. The Hall–Kier alpha value is -0.770. The van der Waals surface area contributed by atoms with Crippen LogP contribution in [0.25, 0.3) is 0 Å². The SMILES string of the molecule is NCc1ccc(Cl)cc1N1CCN2CCCC2C1. The number of anilines is 1. The minimum Gasteiger partial charge on any atom is -0.368 e. The molecule has 1 aromatic rings. The van der Waals surface area contributed by atoms with Crippen LogP contribution < -0.4 is 10.6 Å². The summed E-state index contributed by atoms with van der Waals surface area (Å²) in [5, 5.41) is 0.802. The highest BCUT2D eigenvalue weighted by molar-refractivity contribution is 6.30. The number of benzene rings is 1. The summed E-state index contributed by atoms with van der Waals surface area (Å²) < 4.78 is 0. The fourth-order valence-electron chi connectivity index (χ4n) is 3.21. The van der Waals surface area contributed by atoms with Crippen LogP contribution in [-0.2, 0) is 6.54 Å². The number of hydrogen-bond acceptors (Lipinski definition) is 3. The molecule has 0 spiro atoms. The second-order valence-electron chi connectivity index (χ2n) is 5.26. The van der Waals surface area contributed by atoms with E-state index in [0.717, 1.165) is 24.2 Å². The summed E-state index contributed by atoms with van der Waals surface area (Å²) in [5.41, 5.74) is 8.27. The molecule has 0 aliphatic carbocycles. The van der Waals surface area contributed by atoms with Crippen molar-refractivity contribution in [2.24, 2.45) is 5.73 Å². The Morgan fingerprint density at radius 1 is 1.28 bits per heavy atom. The van der Waals surface area contributed by atoms with Gasteiger partial charge in [0.15, 0.2) is 0 Å². The molecule has 2 saturated heterocycles. The lowest BCUT2D eigenvalue weighted by Gasteiger charge is -2.39. The zero-order chi connectivity index (χ0) is 12.5. The first-order valence-electron chi connectivity index (χ1n) is 6.75. The van der Waals surface area contributed by atoms with E-state index < -0.39 is 0 Å². The van der Waals surface area contributed by atoms with Crippen molar-refractivity contribution in [3.05, 3.63) is 28.8 Å². The molecule has 18 heavy (non-hydrogen) atoms. The van der Waals surface area contributed by atoms with Gasteiger partial charge in [-0.1, -0.05) is 17.7 Å². The van der Waals surface area contributed by atoms with Gasteiger partial charge in [-0.05, 0) is 37.1 Å². The Balaban J connectivity index is 1.84. The summed E-state index contributed by atoms with van der Waals surface area (Å²) in [6.45, 7) is 5.23. The van der Waals surface area contributed by atoms with Crippen LogP contribution in [-0.4, -0.2) is 37.1 Å². The third-order valence-electron chi connectivity index (χ3n) is 4.20. The normalized spacial score (nSPS) is 24.3. The molecule has 98 valence electrons. The maximum Gasteiger partial charge on any atom is 0.0427 e. The molecule has 0 saturated carbocycles. The molecule has 0 aromatic heterocycles. The average Bonchev–Trinajstić information content (AvgIpc) is 2.85. The smallest absolute Gasteiger partial charge is 0.0427 e. The van der Waals surface area contributed by atoms with Crippen molar-refractivity contribution in [3.63, 3.8) is 0 Å². The van der Waals surface area contributed by atoms with Crippen molar-refractivity contribution in [1.29, 1.82) is 0 Å². The molecule has 3 rings (SSSR count). The third kappa shape index (κ3) is 2.22. The number of rotatable bonds is 2. The molecule has 0 radical (unpaired) electrons. The van der Waals surface area contributed by atoms with Gasteiger partial charge in [0, 0.05) is 42.9 Å². The maximum absolute atomic E-state index is 6.13. The summed E-state index contributed by atoms with van der Waals surface area (Å²) in [4.78, 5) is 5.07. The highest BCUT2D eigenvalue weighted by Gasteiger charge is 2.31. The van der Waals surface area contributed by atoms with Crippen LogP contribution in [0.1, 0.15) is 18.4 Å². The zero-order valence-corrected chi connectivity index (χ0v) is 11.4. The van der Waals surface area contributed by atoms with Crippen LogP contribution >= 0.6 is 11.6 Å². The minimum atomic E-state index is 0.581. The van der Waals surface area contributed by atoms with Crippen molar-refractivity contribution < 1.29 is 0 Å². The number of fused-ring (bicyclic) bond motifs is 1. The predicted molar refractivity (Wildman–Crippen MR) is 76.2 cm³/mol. The first-order chi connectivity index (χ1) is 8.78. The number of hydrogen-bond donors (Lipinski definition) is 1. The molecule has 4 heteroatoms. The third-order valence-corrected chi connectivity index (χ3v) is 4.43. The molecular formula is C14H20ClN3. The standard InChI is InChI=1S/C14H20ClN3/c15-12-4-3-11(9-16)14(8-12)18-7-6-17-5-1-2-13(17)10-18/h3-4,8,13H,1-2,5-7,9-10,16H2. The van der Waals surface area contributed by atoms with E-state index >= 15 is 0 Å². The lowest BCUT2D eigenvalue weighted by molar-refractivity contribution is 0.231. The van der Waals surface area contributed by atoms with E-state index in [4.69, 9.17) is 17.3 Å². The quantitative estimate of drug-likeness (QED) is 0.889. The summed E-state index contributed by atoms with van der Waals surface area (Å²) in [7, 11) is 0. The van der Waals surface area contributed by atoms with E-state index in [0.29, 0.717) is 6.54 Å². The first-order valence-corrected chi connectivity index (χ1v) is 7.13. The van der Waals surface area contributed by atoms with Gasteiger partial charge in [0.05, 0.1) is 0 Å². The van der Waals surface area contributed by atoms with Gasteiger partial charge < -0.3 is 10.6 Å². The largest absolute Gasteiger partial charge is 0.368 e. The number of nitrogens with two attached hydrogens (primary N) is 1. The molecule has 1 atom stereocenters. The van der Waals surface area contributed by atoms with E-state index in [1.807, 2.05) is 6.07 Å².